The number of aryl methyl sites for hydroxylation is 1. The van der Waals surface area contributed by atoms with Gasteiger partial charge >= 0.3 is 0 Å². The number of phenolic OH excluding ortho intramolecular Hbond substituents is 1. The van der Waals surface area contributed by atoms with Crippen molar-refractivity contribution in [1.82, 2.24) is 0 Å². The number of phenols is 1. The zero-order valence-electron chi connectivity index (χ0n) is 12.8. The first-order valence-electron chi connectivity index (χ1n) is 7.14. The van der Waals surface area contributed by atoms with Crippen LogP contribution in [0.3, 0.4) is 0 Å². The molecule has 2 rings (SSSR count). The lowest BCUT2D eigenvalue weighted by Crippen LogP contribution is -2.13. The van der Waals surface area contributed by atoms with E-state index in [1.165, 1.54) is 6.08 Å². The summed E-state index contributed by atoms with van der Waals surface area (Å²) in [6.45, 7) is 2.05. The minimum atomic E-state index is -0.530. The molecule has 6 heteroatoms. The second kappa shape index (κ2) is 8.13. The molecule has 0 spiro atoms. The third kappa shape index (κ3) is 4.47. The highest BCUT2D eigenvalue weighted by molar-refractivity contribution is 9.11. The van der Waals surface area contributed by atoms with E-state index in [1.54, 1.807) is 24.3 Å². The number of hydrogen-bond acceptors (Lipinski definition) is 3. The number of nitriles is 1. The molecule has 2 aromatic carbocycles. The minimum absolute atomic E-state index is 0.0361. The second-order valence-corrected chi connectivity index (χ2v) is 6.77. The molecule has 0 aliphatic carbocycles. The van der Waals surface area contributed by atoms with Crippen molar-refractivity contribution in [2.24, 2.45) is 0 Å². The lowest BCUT2D eigenvalue weighted by atomic mass is 10.1. The van der Waals surface area contributed by atoms with Crippen LogP contribution in [0.5, 0.6) is 5.75 Å². The standard InChI is InChI=1S/C18H14Br2N2O2/c1-2-11-3-5-15(6-4-11)22-18(24)13(10-21)7-12-8-14(19)9-16(20)17(12)23/h3-9,23H,2H2,1H3,(H,22,24). The van der Waals surface area contributed by atoms with Crippen LogP contribution in [0.2, 0.25) is 0 Å². The number of carbonyl (C=O) groups is 1. The Morgan fingerprint density at radius 2 is 1.96 bits per heavy atom. The molecule has 0 aliphatic rings. The molecule has 122 valence electrons. The van der Waals surface area contributed by atoms with E-state index >= 15 is 0 Å². The van der Waals surface area contributed by atoms with Crippen molar-refractivity contribution < 1.29 is 9.90 Å². The Morgan fingerprint density at radius 1 is 1.29 bits per heavy atom. The molecular formula is C18H14Br2N2O2. The number of anilines is 1. The summed E-state index contributed by atoms with van der Waals surface area (Å²) < 4.78 is 1.18. The topological polar surface area (TPSA) is 73.1 Å². The van der Waals surface area contributed by atoms with Crippen molar-refractivity contribution in [2.45, 2.75) is 13.3 Å². The fourth-order valence-corrected chi connectivity index (χ4v) is 3.28. The highest BCUT2D eigenvalue weighted by atomic mass is 79.9. The molecule has 1 amide bonds. The molecule has 4 nitrogen and oxygen atoms in total. The minimum Gasteiger partial charge on any atom is -0.506 e. The smallest absolute Gasteiger partial charge is 0.266 e. The van der Waals surface area contributed by atoms with Gasteiger partial charge in [-0.25, -0.2) is 0 Å². The Morgan fingerprint density at radius 3 is 2.54 bits per heavy atom. The number of benzene rings is 2. The molecule has 0 atom stereocenters. The number of aromatic hydroxyl groups is 1. The molecule has 24 heavy (non-hydrogen) atoms. The molecule has 0 heterocycles. The van der Waals surface area contributed by atoms with E-state index in [1.807, 2.05) is 25.1 Å². The van der Waals surface area contributed by atoms with Crippen molar-refractivity contribution in [3.8, 4) is 11.8 Å². The van der Waals surface area contributed by atoms with E-state index < -0.39 is 5.91 Å². The third-order valence-corrected chi connectivity index (χ3v) is 4.40. The molecular weight excluding hydrogens is 436 g/mol. The van der Waals surface area contributed by atoms with Gasteiger partial charge in [-0.3, -0.25) is 4.79 Å². The van der Waals surface area contributed by atoms with Gasteiger partial charge < -0.3 is 10.4 Å². The van der Waals surface area contributed by atoms with E-state index in [-0.39, 0.29) is 11.3 Å². The summed E-state index contributed by atoms with van der Waals surface area (Å²) in [6, 6.07) is 12.6. The van der Waals surface area contributed by atoms with Crippen LogP contribution in [0, 0.1) is 11.3 Å². The van der Waals surface area contributed by atoms with Crippen molar-refractivity contribution >= 4 is 49.5 Å². The average Bonchev–Trinajstić information content (AvgIpc) is 2.57. The van der Waals surface area contributed by atoms with Gasteiger partial charge in [0.1, 0.15) is 17.4 Å². The molecule has 0 saturated carbocycles. The maximum atomic E-state index is 12.3. The fourth-order valence-electron chi connectivity index (χ4n) is 2.02. The second-order valence-electron chi connectivity index (χ2n) is 5.00. The molecule has 2 N–H and O–H groups in total. The maximum Gasteiger partial charge on any atom is 0.266 e. The highest BCUT2D eigenvalue weighted by Gasteiger charge is 2.12. The van der Waals surface area contributed by atoms with Gasteiger partial charge in [-0.15, -0.1) is 0 Å². The van der Waals surface area contributed by atoms with Crippen LogP contribution in [0.1, 0.15) is 18.1 Å². The quantitative estimate of drug-likeness (QED) is 0.508. The van der Waals surface area contributed by atoms with Crippen LogP contribution in [-0.4, -0.2) is 11.0 Å². The Hall–Kier alpha value is -2.10. The number of amides is 1. The predicted octanol–water partition coefficient (Wildman–Crippen LogP) is 5.03. The Bertz CT molecular complexity index is 837. The number of hydrogen-bond donors (Lipinski definition) is 2. The van der Waals surface area contributed by atoms with Gasteiger partial charge in [0.25, 0.3) is 5.91 Å². The number of nitrogens with one attached hydrogen (secondary N) is 1. The summed E-state index contributed by atoms with van der Waals surface area (Å²) in [5.74, 6) is -0.566. The molecule has 0 radical (unpaired) electrons. The summed E-state index contributed by atoms with van der Waals surface area (Å²) in [5.41, 5.74) is 2.03. The van der Waals surface area contributed by atoms with Crippen LogP contribution in [0.25, 0.3) is 6.08 Å². The van der Waals surface area contributed by atoms with E-state index in [0.717, 1.165) is 12.0 Å². The first-order valence-corrected chi connectivity index (χ1v) is 8.73. The predicted molar refractivity (Wildman–Crippen MR) is 102 cm³/mol. The Balaban J connectivity index is 2.27. The largest absolute Gasteiger partial charge is 0.506 e. The monoisotopic (exact) mass is 448 g/mol. The SMILES string of the molecule is CCc1ccc(NC(=O)C(C#N)=Cc2cc(Br)cc(Br)c2O)cc1. The number of halogens is 2. The third-order valence-electron chi connectivity index (χ3n) is 3.34. The van der Waals surface area contributed by atoms with Gasteiger partial charge in [0.15, 0.2) is 0 Å². The van der Waals surface area contributed by atoms with Gasteiger partial charge in [0.2, 0.25) is 0 Å². The van der Waals surface area contributed by atoms with Crippen molar-refractivity contribution in [3.63, 3.8) is 0 Å². The Labute approximate surface area is 157 Å². The highest BCUT2D eigenvalue weighted by Crippen LogP contribution is 2.33. The number of rotatable bonds is 4. The van der Waals surface area contributed by atoms with Crippen LogP contribution in [-0.2, 0) is 11.2 Å². The van der Waals surface area contributed by atoms with Crippen LogP contribution in [0.15, 0.2) is 50.9 Å². The van der Waals surface area contributed by atoms with Crippen molar-refractivity contribution in [2.75, 3.05) is 5.32 Å². The van der Waals surface area contributed by atoms with Gasteiger partial charge in [-0.1, -0.05) is 35.0 Å². The van der Waals surface area contributed by atoms with Crippen LogP contribution in [0.4, 0.5) is 5.69 Å². The summed E-state index contributed by atoms with van der Waals surface area (Å²) in [4.78, 5) is 12.3. The first-order chi connectivity index (χ1) is 11.4. The van der Waals surface area contributed by atoms with Gasteiger partial charge in [0, 0.05) is 15.7 Å². The van der Waals surface area contributed by atoms with E-state index in [9.17, 15) is 15.2 Å². The fraction of sp³-hybridized carbons (Fsp3) is 0.111. The summed E-state index contributed by atoms with van der Waals surface area (Å²) in [5, 5.41) is 22.0. The Kier molecular flexibility index (Phi) is 6.18. The molecule has 0 unspecified atom stereocenters. The summed E-state index contributed by atoms with van der Waals surface area (Å²) in [6.07, 6.45) is 2.26. The summed E-state index contributed by atoms with van der Waals surface area (Å²) in [7, 11) is 0. The average molecular weight is 450 g/mol. The number of carbonyl (C=O) groups excluding carboxylic acids is 1. The van der Waals surface area contributed by atoms with E-state index in [2.05, 4.69) is 37.2 Å². The van der Waals surface area contributed by atoms with E-state index in [0.29, 0.717) is 20.2 Å². The molecule has 0 fully saturated rings. The van der Waals surface area contributed by atoms with E-state index in [4.69, 9.17) is 0 Å². The molecule has 0 aromatic heterocycles. The zero-order chi connectivity index (χ0) is 17.7. The first kappa shape index (κ1) is 18.2. The van der Waals surface area contributed by atoms with Crippen LogP contribution < -0.4 is 5.32 Å². The number of nitrogens with zero attached hydrogens (tertiary/aromatic N) is 1. The van der Waals surface area contributed by atoms with Crippen LogP contribution >= 0.6 is 31.9 Å². The summed E-state index contributed by atoms with van der Waals surface area (Å²) >= 11 is 6.53. The maximum absolute atomic E-state index is 12.3. The molecule has 2 aromatic rings. The van der Waals surface area contributed by atoms with Crippen molar-refractivity contribution in [1.29, 1.82) is 5.26 Å². The van der Waals surface area contributed by atoms with Gasteiger partial charge in [0.05, 0.1) is 4.47 Å². The van der Waals surface area contributed by atoms with Gasteiger partial charge in [-0.2, -0.15) is 5.26 Å². The lowest BCUT2D eigenvalue weighted by molar-refractivity contribution is -0.112. The zero-order valence-corrected chi connectivity index (χ0v) is 16.0. The molecule has 0 aliphatic heterocycles. The normalized spacial score (nSPS) is 11.0. The molecule has 0 bridgehead atoms. The van der Waals surface area contributed by atoms with Gasteiger partial charge in [-0.05, 0) is 58.3 Å². The van der Waals surface area contributed by atoms with Crippen molar-refractivity contribution in [3.05, 3.63) is 62.0 Å². The lowest BCUT2D eigenvalue weighted by Gasteiger charge is -2.07. The molecule has 0 saturated heterocycles.